The molecule has 0 spiro atoms. The van der Waals surface area contributed by atoms with Crippen LogP contribution in [0.2, 0.25) is 0 Å². The van der Waals surface area contributed by atoms with Gasteiger partial charge in [-0.15, -0.1) is 0 Å². The topological polar surface area (TPSA) is 77.1 Å². The number of benzene rings is 2. The average Bonchev–Trinajstić information content (AvgIpc) is 2.86. The number of nitrogens with two attached hydrogens (primary N) is 1. The third-order valence-electron chi connectivity index (χ3n) is 3.78. The minimum absolute atomic E-state index is 0.0592. The van der Waals surface area contributed by atoms with Crippen LogP contribution in [0.1, 0.15) is 26.4 Å². The summed E-state index contributed by atoms with van der Waals surface area (Å²) in [5.74, 6) is 3.58. The van der Waals surface area contributed by atoms with Crippen LogP contribution in [0.4, 0.5) is 4.39 Å². The Kier molecular flexibility index (Phi) is 3.67. The number of carbonyl (C=O) groups is 2. The average molecular weight is 311 g/mol. The van der Waals surface area contributed by atoms with E-state index in [-0.39, 0.29) is 5.56 Å². The van der Waals surface area contributed by atoms with Crippen molar-refractivity contribution < 1.29 is 14.0 Å². The summed E-state index contributed by atoms with van der Waals surface area (Å²) in [5, 5.41) is 0.581. The van der Waals surface area contributed by atoms with Crippen LogP contribution in [0, 0.1) is 12.7 Å². The molecule has 0 aliphatic rings. The van der Waals surface area contributed by atoms with Crippen LogP contribution in [0.25, 0.3) is 10.9 Å². The molecule has 2 aromatic carbocycles. The molecule has 5 nitrogen and oxygen atoms in total. The zero-order valence-corrected chi connectivity index (χ0v) is 12.3. The number of hydrogen-bond donors (Lipinski definition) is 2. The molecule has 23 heavy (non-hydrogen) atoms. The van der Waals surface area contributed by atoms with Crippen molar-refractivity contribution in [1.82, 2.24) is 9.99 Å². The Bertz CT molecular complexity index is 931. The van der Waals surface area contributed by atoms with E-state index in [1.54, 1.807) is 37.3 Å². The van der Waals surface area contributed by atoms with Gasteiger partial charge in [0.15, 0.2) is 0 Å². The first-order valence-electron chi connectivity index (χ1n) is 6.96. The molecular weight excluding hydrogens is 297 g/mol. The summed E-state index contributed by atoms with van der Waals surface area (Å²) in [7, 11) is 0. The Morgan fingerprint density at radius 2 is 1.74 bits per heavy atom. The first kappa shape index (κ1) is 14.9. The highest BCUT2D eigenvalue weighted by Crippen LogP contribution is 2.27. The van der Waals surface area contributed by atoms with Gasteiger partial charge in [0.05, 0.1) is 16.6 Å². The van der Waals surface area contributed by atoms with E-state index in [4.69, 9.17) is 5.84 Å². The van der Waals surface area contributed by atoms with Crippen LogP contribution in [0.5, 0.6) is 0 Å². The van der Waals surface area contributed by atoms with E-state index in [9.17, 15) is 14.0 Å². The van der Waals surface area contributed by atoms with Gasteiger partial charge in [-0.05, 0) is 25.1 Å². The van der Waals surface area contributed by atoms with E-state index in [2.05, 4.69) is 5.43 Å². The minimum atomic E-state index is -0.612. The molecular formula is C17H14FN3O2. The molecule has 0 aliphatic heterocycles. The van der Waals surface area contributed by atoms with Gasteiger partial charge in [-0.1, -0.05) is 30.3 Å². The molecule has 0 bridgehead atoms. The predicted octanol–water partition coefficient (Wildman–Crippen LogP) is 2.38. The molecule has 3 N–H and O–H groups in total. The van der Waals surface area contributed by atoms with Crippen LogP contribution in [0.3, 0.4) is 0 Å². The fraction of sp³-hybridized carbons (Fsp3) is 0.0588. The molecule has 0 unspecified atom stereocenters. The summed E-state index contributed by atoms with van der Waals surface area (Å²) in [6, 6.07) is 12.7. The van der Waals surface area contributed by atoms with Crippen molar-refractivity contribution in [3.05, 3.63) is 71.2 Å². The van der Waals surface area contributed by atoms with Gasteiger partial charge in [0.1, 0.15) is 5.82 Å². The van der Waals surface area contributed by atoms with Crippen LogP contribution in [-0.4, -0.2) is 16.4 Å². The SMILES string of the molecule is Cc1c(C(=O)NN)c2ccccc2n1C(=O)c1ccccc1F. The second kappa shape index (κ2) is 5.66. The van der Waals surface area contributed by atoms with Gasteiger partial charge in [-0.3, -0.25) is 19.6 Å². The first-order chi connectivity index (χ1) is 11.1. The predicted molar refractivity (Wildman–Crippen MR) is 84.5 cm³/mol. The molecule has 116 valence electrons. The van der Waals surface area contributed by atoms with E-state index >= 15 is 0 Å². The Labute approximate surface area is 131 Å². The fourth-order valence-electron chi connectivity index (χ4n) is 2.74. The first-order valence-corrected chi connectivity index (χ1v) is 6.96. The maximum atomic E-state index is 14.0. The standard InChI is InChI=1S/C17H14FN3O2/c1-10-15(16(22)20-19)12-7-3-5-9-14(12)21(10)17(23)11-6-2-4-8-13(11)18/h2-9H,19H2,1H3,(H,20,22). The molecule has 1 amide bonds. The van der Waals surface area contributed by atoms with E-state index in [1.807, 2.05) is 0 Å². The van der Waals surface area contributed by atoms with Gasteiger partial charge in [0.2, 0.25) is 0 Å². The maximum absolute atomic E-state index is 14.0. The largest absolute Gasteiger partial charge is 0.290 e. The lowest BCUT2D eigenvalue weighted by Gasteiger charge is -2.08. The van der Waals surface area contributed by atoms with Crippen LogP contribution < -0.4 is 11.3 Å². The minimum Gasteiger partial charge on any atom is -0.290 e. The maximum Gasteiger partial charge on any atom is 0.267 e. The third-order valence-corrected chi connectivity index (χ3v) is 3.78. The summed E-state index contributed by atoms with van der Waals surface area (Å²) >= 11 is 0. The zero-order chi connectivity index (χ0) is 16.6. The number of hydrogen-bond acceptors (Lipinski definition) is 3. The quantitative estimate of drug-likeness (QED) is 0.433. The van der Waals surface area contributed by atoms with Crippen molar-refractivity contribution in [2.24, 2.45) is 5.84 Å². The van der Waals surface area contributed by atoms with Gasteiger partial charge in [-0.2, -0.15) is 0 Å². The lowest BCUT2D eigenvalue weighted by atomic mass is 10.1. The van der Waals surface area contributed by atoms with E-state index in [0.717, 1.165) is 0 Å². The monoisotopic (exact) mass is 311 g/mol. The molecule has 0 saturated carbocycles. The van der Waals surface area contributed by atoms with E-state index in [1.165, 1.54) is 22.8 Å². The van der Waals surface area contributed by atoms with Gasteiger partial charge in [0.25, 0.3) is 11.8 Å². The van der Waals surface area contributed by atoms with Gasteiger partial charge >= 0.3 is 0 Å². The number of carbonyl (C=O) groups excluding carboxylic acids is 2. The molecule has 1 aromatic heterocycles. The molecule has 6 heteroatoms. The summed E-state index contributed by atoms with van der Waals surface area (Å²) in [6.07, 6.45) is 0. The number of nitrogen functional groups attached to an aromatic ring is 1. The lowest BCUT2D eigenvalue weighted by Crippen LogP contribution is -2.30. The number of nitrogens with zero attached hydrogens (tertiary/aromatic N) is 1. The Hall–Kier alpha value is -2.99. The molecule has 3 rings (SSSR count). The molecule has 3 aromatic rings. The molecule has 0 fully saturated rings. The number of aromatic nitrogens is 1. The van der Waals surface area contributed by atoms with Crippen LogP contribution in [0.15, 0.2) is 48.5 Å². The van der Waals surface area contributed by atoms with Gasteiger partial charge in [-0.25, -0.2) is 10.2 Å². The number of amides is 1. The summed E-state index contributed by atoms with van der Waals surface area (Å²) < 4.78 is 15.3. The smallest absolute Gasteiger partial charge is 0.267 e. The van der Waals surface area contributed by atoms with E-state index in [0.29, 0.717) is 22.2 Å². The van der Waals surface area contributed by atoms with Gasteiger partial charge in [0, 0.05) is 11.1 Å². The molecule has 0 radical (unpaired) electrons. The van der Waals surface area contributed by atoms with Crippen molar-refractivity contribution in [3.8, 4) is 0 Å². The number of fused-ring (bicyclic) bond motifs is 1. The Balaban J connectivity index is 2.30. The second-order valence-corrected chi connectivity index (χ2v) is 5.07. The Morgan fingerprint density at radius 3 is 2.43 bits per heavy atom. The highest BCUT2D eigenvalue weighted by Gasteiger charge is 2.24. The number of rotatable bonds is 2. The highest BCUT2D eigenvalue weighted by atomic mass is 19.1. The van der Waals surface area contributed by atoms with Crippen molar-refractivity contribution >= 4 is 22.7 Å². The molecule has 0 aliphatic carbocycles. The van der Waals surface area contributed by atoms with Crippen LogP contribution in [-0.2, 0) is 0 Å². The summed E-state index contributed by atoms with van der Waals surface area (Å²) in [5.41, 5.74) is 3.25. The fourth-order valence-corrected chi connectivity index (χ4v) is 2.74. The molecule has 0 saturated heterocycles. The highest BCUT2D eigenvalue weighted by molar-refractivity contribution is 6.12. The van der Waals surface area contributed by atoms with Crippen molar-refractivity contribution in [1.29, 1.82) is 0 Å². The van der Waals surface area contributed by atoms with E-state index < -0.39 is 17.6 Å². The zero-order valence-electron chi connectivity index (χ0n) is 12.3. The number of para-hydroxylation sites is 1. The third kappa shape index (κ3) is 2.29. The number of nitrogens with one attached hydrogen (secondary N) is 1. The normalized spacial score (nSPS) is 10.7. The molecule has 1 heterocycles. The summed E-state index contributed by atoms with van der Waals surface area (Å²) in [6.45, 7) is 1.63. The lowest BCUT2D eigenvalue weighted by molar-refractivity contribution is 0.0953. The summed E-state index contributed by atoms with van der Waals surface area (Å²) in [4.78, 5) is 24.8. The number of hydrazine groups is 1. The number of halogens is 1. The van der Waals surface area contributed by atoms with Crippen LogP contribution >= 0.6 is 0 Å². The second-order valence-electron chi connectivity index (χ2n) is 5.07. The van der Waals surface area contributed by atoms with Gasteiger partial charge < -0.3 is 0 Å². The van der Waals surface area contributed by atoms with Crippen molar-refractivity contribution in [3.63, 3.8) is 0 Å². The molecule has 0 atom stereocenters. The van der Waals surface area contributed by atoms with Crippen molar-refractivity contribution in [2.75, 3.05) is 0 Å². The Morgan fingerprint density at radius 1 is 1.09 bits per heavy atom. The van der Waals surface area contributed by atoms with Crippen molar-refractivity contribution in [2.45, 2.75) is 6.92 Å².